The number of hydrogen-bond acceptors (Lipinski definition) is 3. The van der Waals surface area contributed by atoms with E-state index in [9.17, 15) is 0 Å². The van der Waals surface area contributed by atoms with Crippen molar-refractivity contribution in [3.8, 4) is 11.6 Å². The van der Waals surface area contributed by atoms with Crippen molar-refractivity contribution in [1.82, 2.24) is 15.2 Å². The Labute approximate surface area is 82.5 Å². The third-order valence-electron chi connectivity index (χ3n) is 1.40. The first-order valence-corrected chi connectivity index (χ1v) is 4.48. The zero-order valence-corrected chi connectivity index (χ0v) is 8.49. The highest BCUT2D eigenvalue weighted by molar-refractivity contribution is 14.1. The van der Waals surface area contributed by atoms with Crippen LogP contribution in [0.2, 0.25) is 0 Å². The standard InChI is InChI=1S/C7H6IN3O/c1-4-10-11-7(12-4)6-2-5(8)3-9-6/h2-3,9H,1H3. The first kappa shape index (κ1) is 7.78. The highest BCUT2D eigenvalue weighted by atomic mass is 127. The fourth-order valence-corrected chi connectivity index (χ4v) is 1.36. The Morgan fingerprint density at radius 1 is 1.50 bits per heavy atom. The molecule has 2 aromatic heterocycles. The number of aryl methyl sites for hydroxylation is 1. The summed E-state index contributed by atoms with van der Waals surface area (Å²) in [7, 11) is 0. The molecule has 0 bridgehead atoms. The normalized spacial score (nSPS) is 10.5. The number of aromatic nitrogens is 3. The molecule has 5 heteroatoms. The van der Waals surface area contributed by atoms with Gasteiger partial charge in [-0.2, -0.15) is 0 Å². The average Bonchev–Trinajstić information content (AvgIpc) is 2.58. The van der Waals surface area contributed by atoms with Crippen molar-refractivity contribution in [1.29, 1.82) is 0 Å². The van der Waals surface area contributed by atoms with Gasteiger partial charge in [0.25, 0.3) is 5.89 Å². The third kappa shape index (κ3) is 1.36. The molecule has 0 saturated heterocycles. The van der Waals surface area contributed by atoms with Gasteiger partial charge in [0, 0.05) is 16.7 Å². The first-order valence-electron chi connectivity index (χ1n) is 3.40. The summed E-state index contributed by atoms with van der Waals surface area (Å²) < 4.78 is 6.35. The minimum absolute atomic E-state index is 0.537. The van der Waals surface area contributed by atoms with Gasteiger partial charge in [-0.15, -0.1) is 10.2 Å². The van der Waals surface area contributed by atoms with Crippen LogP contribution in [0.5, 0.6) is 0 Å². The van der Waals surface area contributed by atoms with Gasteiger partial charge >= 0.3 is 0 Å². The Morgan fingerprint density at radius 3 is 2.83 bits per heavy atom. The lowest BCUT2D eigenvalue weighted by atomic mass is 10.4. The Bertz CT molecular complexity index is 355. The van der Waals surface area contributed by atoms with E-state index in [0.717, 1.165) is 9.26 Å². The van der Waals surface area contributed by atoms with E-state index in [1.54, 1.807) is 6.92 Å². The largest absolute Gasteiger partial charge is 0.420 e. The molecule has 0 amide bonds. The molecule has 2 rings (SSSR count). The van der Waals surface area contributed by atoms with Gasteiger partial charge in [0.15, 0.2) is 0 Å². The number of nitrogens with zero attached hydrogens (tertiary/aromatic N) is 2. The highest BCUT2D eigenvalue weighted by Crippen LogP contribution is 2.17. The van der Waals surface area contributed by atoms with E-state index < -0.39 is 0 Å². The fourth-order valence-electron chi connectivity index (χ4n) is 0.897. The Morgan fingerprint density at radius 2 is 2.33 bits per heavy atom. The smallest absolute Gasteiger partial charge is 0.264 e. The second kappa shape index (κ2) is 2.89. The third-order valence-corrected chi connectivity index (χ3v) is 2.03. The van der Waals surface area contributed by atoms with E-state index in [-0.39, 0.29) is 0 Å². The zero-order valence-electron chi connectivity index (χ0n) is 6.34. The molecule has 0 atom stereocenters. The van der Waals surface area contributed by atoms with Gasteiger partial charge in [0.1, 0.15) is 5.69 Å². The summed E-state index contributed by atoms with van der Waals surface area (Å²) in [6, 6.07) is 1.95. The summed E-state index contributed by atoms with van der Waals surface area (Å²) >= 11 is 2.21. The summed E-state index contributed by atoms with van der Waals surface area (Å²) in [6.45, 7) is 1.77. The van der Waals surface area contributed by atoms with Gasteiger partial charge in [-0.05, 0) is 28.7 Å². The summed E-state index contributed by atoms with van der Waals surface area (Å²) in [6.07, 6.45) is 1.88. The van der Waals surface area contributed by atoms with Crippen LogP contribution in [0, 0.1) is 10.5 Å². The van der Waals surface area contributed by atoms with Gasteiger partial charge in [-0.3, -0.25) is 0 Å². The molecule has 0 aliphatic heterocycles. The van der Waals surface area contributed by atoms with Crippen LogP contribution in [-0.4, -0.2) is 15.2 Å². The molecule has 0 unspecified atom stereocenters. The number of H-pyrrole nitrogens is 1. The van der Waals surface area contributed by atoms with Crippen LogP contribution in [0.15, 0.2) is 16.7 Å². The second-order valence-electron chi connectivity index (χ2n) is 2.36. The number of aromatic amines is 1. The van der Waals surface area contributed by atoms with E-state index >= 15 is 0 Å². The predicted octanol–water partition coefficient (Wildman–Crippen LogP) is 1.98. The molecule has 0 aromatic carbocycles. The Balaban J connectivity index is 2.43. The first-order chi connectivity index (χ1) is 5.75. The van der Waals surface area contributed by atoms with Crippen LogP contribution in [0.1, 0.15) is 5.89 Å². The number of rotatable bonds is 1. The molecular weight excluding hydrogens is 269 g/mol. The number of halogens is 1. The molecular formula is C7H6IN3O. The molecule has 2 aromatic rings. The maximum atomic E-state index is 5.23. The van der Waals surface area contributed by atoms with E-state index in [1.807, 2.05) is 12.3 Å². The lowest BCUT2D eigenvalue weighted by Gasteiger charge is -1.84. The lowest BCUT2D eigenvalue weighted by Crippen LogP contribution is -1.75. The van der Waals surface area contributed by atoms with E-state index in [4.69, 9.17) is 4.42 Å². The van der Waals surface area contributed by atoms with E-state index in [0.29, 0.717) is 11.8 Å². The minimum atomic E-state index is 0.537. The quantitative estimate of drug-likeness (QED) is 0.809. The molecule has 0 spiro atoms. The van der Waals surface area contributed by atoms with Crippen molar-refractivity contribution >= 4 is 22.6 Å². The number of hydrogen-bond donors (Lipinski definition) is 1. The summed E-state index contributed by atoms with van der Waals surface area (Å²) in [5.41, 5.74) is 0.861. The maximum absolute atomic E-state index is 5.23. The molecule has 62 valence electrons. The molecule has 0 aliphatic carbocycles. The predicted molar refractivity (Wildman–Crippen MR) is 51.5 cm³/mol. The highest BCUT2D eigenvalue weighted by Gasteiger charge is 2.06. The zero-order chi connectivity index (χ0) is 8.55. The van der Waals surface area contributed by atoms with E-state index in [1.165, 1.54) is 0 Å². The van der Waals surface area contributed by atoms with Crippen LogP contribution in [-0.2, 0) is 0 Å². The Kier molecular flexibility index (Phi) is 1.87. The summed E-state index contributed by atoms with van der Waals surface area (Å²) in [4.78, 5) is 3.03. The van der Waals surface area contributed by atoms with Gasteiger partial charge in [0.05, 0.1) is 0 Å². The molecule has 2 heterocycles. The van der Waals surface area contributed by atoms with Gasteiger partial charge < -0.3 is 9.40 Å². The van der Waals surface area contributed by atoms with Gasteiger partial charge in [0.2, 0.25) is 5.89 Å². The molecule has 1 N–H and O–H groups in total. The topological polar surface area (TPSA) is 54.7 Å². The van der Waals surface area contributed by atoms with Crippen LogP contribution in [0.3, 0.4) is 0 Å². The van der Waals surface area contributed by atoms with Crippen LogP contribution in [0.4, 0.5) is 0 Å². The molecule has 12 heavy (non-hydrogen) atoms. The summed E-state index contributed by atoms with van der Waals surface area (Å²) in [5, 5.41) is 7.61. The lowest BCUT2D eigenvalue weighted by molar-refractivity contribution is 0.531. The molecule has 0 radical (unpaired) electrons. The molecule has 0 aliphatic rings. The van der Waals surface area contributed by atoms with Gasteiger partial charge in [-0.25, -0.2) is 0 Å². The maximum Gasteiger partial charge on any atom is 0.264 e. The van der Waals surface area contributed by atoms with E-state index in [2.05, 4.69) is 37.8 Å². The molecule has 0 fully saturated rings. The van der Waals surface area contributed by atoms with Crippen molar-refractivity contribution in [3.63, 3.8) is 0 Å². The minimum Gasteiger partial charge on any atom is -0.420 e. The van der Waals surface area contributed by atoms with Crippen molar-refractivity contribution in [2.45, 2.75) is 6.92 Å². The van der Waals surface area contributed by atoms with Crippen molar-refractivity contribution in [2.24, 2.45) is 0 Å². The SMILES string of the molecule is Cc1nnc(-c2cc(I)c[nH]2)o1. The van der Waals surface area contributed by atoms with Crippen molar-refractivity contribution in [3.05, 3.63) is 21.7 Å². The van der Waals surface area contributed by atoms with Crippen molar-refractivity contribution in [2.75, 3.05) is 0 Å². The monoisotopic (exact) mass is 275 g/mol. The van der Waals surface area contributed by atoms with Crippen molar-refractivity contribution < 1.29 is 4.42 Å². The summed E-state index contributed by atoms with van der Waals surface area (Å²) in [5.74, 6) is 1.12. The molecule has 4 nitrogen and oxygen atoms in total. The van der Waals surface area contributed by atoms with Crippen LogP contribution >= 0.6 is 22.6 Å². The number of nitrogens with one attached hydrogen (secondary N) is 1. The van der Waals surface area contributed by atoms with Crippen LogP contribution < -0.4 is 0 Å². The van der Waals surface area contributed by atoms with Gasteiger partial charge in [-0.1, -0.05) is 0 Å². The molecule has 0 saturated carbocycles. The van der Waals surface area contributed by atoms with Crippen LogP contribution in [0.25, 0.3) is 11.6 Å². The Hall–Kier alpha value is -0.850. The average molecular weight is 275 g/mol. The fraction of sp³-hybridized carbons (Fsp3) is 0.143. The second-order valence-corrected chi connectivity index (χ2v) is 3.60.